The number of rotatable bonds is 6. The highest BCUT2D eigenvalue weighted by Crippen LogP contribution is 2.31. The Balaban J connectivity index is 1.27. The van der Waals surface area contributed by atoms with Crippen molar-refractivity contribution in [2.24, 2.45) is 5.92 Å². The Kier molecular flexibility index (Phi) is 5.97. The van der Waals surface area contributed by atoms with E-state index in [2.05, 4.69) is 10.3 Å². The highest BCUT2D eigenvalue weighted by molar-refractivity contribution is 7.13. The molecule has 0 bridgehead atoms. The number of carbonyl (C=O) groups is 2. The monoisotopic (exact) mass is 417 g/mol. The van der Waals surface area contributed by atoms with E-state index in [0.29, 0.717) is 37.0 Å². The molecule has 2 amide bonds. The summed E-state index contributed by atoms with van der Waals surface area (Å²) in [5, 5.41) is 6.57. The Morgan fingerprint density at radius 3 is 2.86 bits per heavy atom. The molecule has 1 atom stereocenters. The normalized spacial score (nSPS) is 20.1. The summed E-state index contributed by atoms with van der Waals surface area (Å²) in [6, 6.07) is 8.01. The van der Waals surface area contributed by atoms with E-state index in [4.69, 9.17) is 11.6 Å². The molecule has 1 aromatic carbocycles. The van der Waals surface area contributed by atoms with Gasteiger partial charge in [-0.25, -0.2) is 4.98 Å². The zero-order valence-corrected chi connectivity index (χ0v) is 17.3. The van der Waals surface area contributed by atoms with Crippen molar-refractivity contribution in [1.82, 2.24) is 15.2 Å². The summed E-state index contributed by atoms with van der Waals surface area (Å²) in [6.07, 6.45) is 5.55. The van der Waals surface area contributed by atoms with Crippen LogP contribution in [0, 0.1) is 5.92 Å². The molecule has 0 spiro atoms. The zero-order chi connectivity index (χ0) is 19.5. The van der Waals surface area contributed by atoms with Crippen molar-refractivity contribution < 1.29 is 9.59 Å². The minimum atomic E-state index is -0.220. The van der Waals surface area contributed by atoms with Crippen molar-refractivity contribution in [3.8, 4) is 10.6 Å². The van der Waals surface area contributed by atoms with Crippen molar-refractivity contribution >= 4 is 34.8 Å². The van der Waals surface area contributed by atoms with E-state index in [1.807, 2.05) is 34.5 Å². The number of halogens is 1. The second-order valence-corrected chi connectivity index (χ2v) is 8.82. The molecule has 2 heterocycles. The molecule has 2 aromatic rings. The van der Waals surface area contributed by atoms with Crippen LogP contribution in [0.4, 0.5) is 0 Å². The number of carbonyl (C=O) groups excluding carboxylic acids is 2. The van der Waals surface area contributed by atoms with Crippen LogP contribution in [0.15, 0.2) is 29.6 Å². The maximum atomic E-state index is 12.5. The van der Waals surface area contributed by atoms with Crippen LogP contribution in [-0.2, 0) is 16.0 Å². The summed E-state index contributed by atoms with van der Waals surface area (Å²) in [6.45, 7) is 1.10. The number of nitrogens with one attached hydrogen (secondary N) is 1. The Labute approximate surface area is 174 Å². The van der Waals surface area contributed by atoms with Crippen molar-refractivity contribution in [1.29, 1.82) is 0 Å². The number of benzene rings is 1. The number of likely N-dealkylation sites (tertiary alicyclic amines) is 1. The number of hydrogen-bond donors (Lipinski definition) is 1. The molecule has 0 unspecified atom stereocenters. The number of nitrogens with zero attached hydrogens (tertiary/aromatic N) is 2. The van der Waals surface area contributed by atoms with Crippen LogP contribution in [0.1, 0.15) is 37.8 Å². The second-order valence-electron chi connectivity index (χ2n) is 7.55. The second kappa shape index (κ2) is 8.62. The first-order valence-electron chi connectivity index (χ1n) is 9.88. The fourth-order valence-electron chi connectivity index (χ4n) is 4.11. The van der Waals surface area contributed by atoms with Gasteiger partial charge in [-0.3, -0.25) is 9.59 Å². The van der Waals surface area contributed by atoms with Gasteiger partial charge in [0.1, 0.15) is 5.01 Å². The van der Waals surface area contributed by atoms with Gasteiger partial charge in [-0.1, -0.05) is 42.6 Å². The van der Waals surface area contributed by atoms with Crippen LogP contribution < -0.4 is 5.32 Å². The van der Waals surface area contributed by atoms with Gasteiger partial charge in [0.25, 0.3) is 0 Å². The lowest BCUT2D eigenvalue weighted by Gasteiger charge is -2.23. The summed E-state index contributed by atoms with van der Waals surface area (Å²) < 4.78 is 0. The lowest BCUT2D eigenvalue weighted by molar-refractivity contribution is -0.130. The Morgan fingerprint density at radius 1 is 1.29 bits per heavy atom. The minimum Gasteiger partial charge on any atom is -0.355 e. The largest absolute Gasteiger partial charge is 0.355 e. The SMILES string of the molecule is O=C(NCCc1csc(-c2ccccc2Cl)n1)[C@@H]1CC(=O)N(C2CCCC2)C1. The highest BCUT2D eigenvalue weighted by Gasteiger charge is 2.38. The average molecular weight is 418 g/mol. The molecular formula is C21H24ClN3O2S. The van der Waals surface area contributed by atoms with Gasteiger partial charge in [0.15, 0.2) is 0 Å². The lowest BCUT2D eigenvalue weighted by atomic mass is 10.1. The van der Waals surface area contributed by atoms with Crippen LogP contribution >= 0.6 is 22.9 Å². The van der Waals surface area contributed by atoms with E-state index in [1.165, 1.54) is 12.8 Å². The van der Waals surface area contributed by atoms with Gasteiger partial charge in [-0.15, -0.1) is 11.3 Å². The van der Waals surface area contributed by atoms with Gasteiger partial charge in [0.05, 0.1) is 16.6 Å². The Morgan fingerprint density at radius 2 is 2.07 bits per heavy atom. The fraction of sp³-hybridized carbons (Fsp3) is 0.476. The minimum absolute atomic E-state index is 0.0181. The fourth-order valence-corrected chi connectivity index (χ4v) is 5.29. The van der Waals surface area contributed by atoms with Gasteiger partial charge >= 0.3 is 0 Å². The Bertz CT molecular complexity index is 863. The molecular weight excluding hydrogens is 394 g/mol. The first kappa shape index (κ1) is 19.4. The third-order valence-corrected chi connectivity index (χ3v) is 6.89. The summed E-state index contributed by atoms with van der Waals surface area (Å²) in [5.74, 6) is -0.103. The number of hydrogen-bond acceptors (Lipinski definition) is 4. The molecule has 1 aliphatic carbocycles. The molecule has 1 saturated heterocycles. The third-order valence-electron chi connectivity index (χ3n) is 5.63. The molecule has 1 aliphatic heterocycles. The smallest absolute Gasteiger partial charge is 0.225 e. The standard InChI is InChI=1S/C21H24ClN3O2S/c22-18-8-4-3-7-17(18)21-24-15(13-28-21)9-10-23-20(27)14-11-19(26)25(12-14)16-5-1-2-6-16/h3-4,7-8,13-14,16H,1-2,5-6,9-12H2,(H,23,27)/t14-/m1/s1. The first-order chi connectivity index (χ1) is 13.6. The first-order valence-corrected chi connectivity index (χ1v) is 11.1. The summed E-state index contributed by atoms with van der Waals surface area (Å²) in [4.78, 5) is 31.3. The summed E-state index contributed by atoms with van der Waals surface area (Å²) >= 11 is 7.79. The lowest BCUT2D eigenvalue weighted by Crippen LogP contribution is -2.37. The number of thiazole rings is 1. The maximum Gasteiger partial charge on any atom is 0.225 e. The van der Waals surface area contributed by atoms with Crippen molar-refractivity contribution in [3.63, 3.8) is 0 Å². The molecule has 2 aliphatic rings. The van der Waals surface area contributed by atoms with E-state index in [9.17, 15) is 9.59 Å². The van der Waals surface area contributed by atoms with E-state index >= 15 is 0 Å². The van der Waals surface area contributed by atoms with Gasteiger partial charge < -0.3 is 10.2 Å². The molecule has 1 saturated carbocycles. The molecule has 1 aromatic heterocycles. The topological polar surface area (TPSA) is 62.3 Å². The van der Waals surface area contributed by atoms with Crippen molar-refractivity contribution in [2.75, 3.05) is 13.1 Å². The highest BCUT2D eigenvalue weighted by atomic mass is 35.5. The summed E-state index contributed by atoms with van der Waals surface area (Å²) in [7, 11) is 0. The molecule has 148 valence electrons. The van der Waals surface area contributed by atoms with Crippen molar-refractivity contribution in [2.45, 2.75) is 44.6 Å². The van der Waals surface area contributed by atoms with Gasteiger partial charge in [0.2, 0.25) is 11.8 Å². The summed E-state index contributed by atoms with van der Waals surface area (Å²) in [5.41, 5.74) is 1.87. The predicted octanol–water partition coefficient (Wildman–Crippen LogP) is 3.91. The third kappa shape index (κ3) is 4.23. The predicted molar refractivity (Wildman–Crippen MR) is 111 cm³/mol. The molecule has 4 rings (SSSR count). The number of amides is 2. The van der Waals surface area contributed by atoms with Crippen LogP contribution in [0.3, 0.4) is 0 Å². The molecule has 1 N–H and O–H groups in total. The molecule has 0 radical (unpaired) electrons. The van der Waals surface area contributed by atoms with E-state index in [1.54, 1.807) is 11.3 Å². The zero-order valence-electron chi connectivity index (χ0n) is 15.7. The average Bonchev–Trinajstić information content (AvgIpc) is 3.42. The van der Waals surface area contributed by atoms with Gasteiger partial charge in [-0.2, -0.15) is 0 Å². The van der Waals surface area contributed by atoms with Gasteiger partial charge in [-0.05, 0) is 18.9 Å². The Hall–Kier alpha value is -1.92. The molecule has 2 fully saturated rings. The number of aromatic nitrogens is 1. The molecule has 7 heteroatoms. The van der Waals surface area contributed by atoms with Gasteiger partial charge in [0, 0.05) is 42.9 Å². The van der Waals surface area contributed by atoms with Crippen LogP contribution in [0.2, 0.25) is 5.02 Å². The van der Waals surface area contributed by atoms with Crippen LogP contribution in [0.5, 0.6) is 0 Å². The quantitative estimate of drug-likeness (QED) is 0.774. The van der Waals surface area contributed by atoms with Crippen LogP contribution in [0.25, 0.3) is 10.6 Å². The van der Waals surface area contributed by atoms with Crippen LogP contribution in [-0.4, -0.2) is 40.8 Å². The van der Waals surface area contributed by atoms with E-state index in [-0.39, 0.29) is 17.7 Å². The maximum absolute atomic E-state index is 12.5. The van der Waals surface area contributed by atoms with Crippen molar-refractivity contribution in [3.05, 3.63) is 40.4 Å². The molecule has 5 nitrogen and oxygen atoms in total. The van der Waals surface area contributed by atoms with E-state index in [0.717, 1.165) is 29.1 Å². The molecule has 28 heavy (non-hydrogen) atoms. The van der Waals surface area contributed by atoms with E-state index < -0.39 is 0 Å².